The molecule has 1 aliphatic heterocycles. The first kappa shape index (κ1) is 24.6. The number of aliphatic hydroxyl groups is 1. The summed E-state index contributed by atoms with van der Waals surface area (Å²) in [6.45, 7) is 3.22. The van der Waals surface area contributed by atoms with Crippen LogP contribution in [0.2, 0.25) is 0 Å². The largest absolute Gasteiger partial charge is 0.493 e. The van der Waals surface area contributed by atoms with E-state index in [-0.39, 0.29) is 5.78 Å². The average Bonchev–Trinajstić information content (AvgIpc) is 3.46. The first-order valence-corrected chi connectivity index (χ1v) is 12.2. The van der Waals surface area contributed by atoms with Gasteiger partial charge in [0.05, 0.1) is 13.2 Å². The fraction of sp³-hybridized carbons (Fsp3) is 0.429. The lowest BCUT2D eigenvalue weighted by atomic mass is 9.73. The van der Waals surface area contributed by atoms with Gasteiger partial charge in [0.15, 0.2) is 11.4 Å². The number of carbonyl (C=O) groups is 1. The lowest BCUT2D eigenvalue weighted by molar-refractivity contribution is -0.271. The second-order valence-electron chi connectivity index (χ2n) is 10.5. The zero-order chi connectivity index (χ0) is 25.7. The molecule has 0 saturated carbocycles. The molecule has 190 valence electrons. The minimum absolute atomic E-state index is 0.0634. The van der Waals surface area contributed by atoms with Crippen LogP contribution in [0.5, 0.6) is 5.75 Å². The summed E-state index contributed by atoms with van der Waals surface area (Å²) in [6.07, 6.45) is 1.56. The summed E-state index contributed by atoms with van der Waals surface area (Å²) < 4.78 is 50.8. The van der Waals surface area contributed by atoms with Crippen LogP contribution in [-0.2, 0) is 24.8 Å². The third-order valence-corrected chi connectivity index (χ3v) is 7.42. The van der Waals surface area contributed by atoms with Gasteiger partial charge in [-0.25, -0.2) is 0 Å². The summed E-state index contributed by atoms with van der Waals surface area (Å²) in [6, 6.07) is 9.16. The number of nitrogens with zero attached hydrogens (tertiary/aromatic N) is 2. The fourth-order valence-electron chi connectivity index (χ4n) is 5.61. The molecule has 3 heterocycles. The number of fused-ring (bicyclic) bond motifs is 2. The Morgan fingerprint density at radius 3 is 2.53 bits per heavy atom. The number of hydrogen-bond donors (Lipinski definition) is 1. The highest BCUT2D eigenvalue weighted by atomic mass is 19.4. The third kappa shape index (κ3) is 4.32. The second kappa shape index (κ2) is 8.76. The molecule has 0 radical (unpaired) electrons. The number of rotatable bonds is 6. The van der Waals surface area contributed by atoms with Gasteiger partial charge in [0, 0.05) is 48.3 Å². The third-order valence-electron chi connectivity index (χ3n) is 7.42. The van der Waals surface area contributed by atoms with Crippen LogP contribution < -0.4 is 4.74 Å². The van der Waals surface area contributed by atoms with Gasteiger partial charge in [-0.2, -0.15) is 13.2 Å². The van der Waals surface area contributed by atoms with E-state index in [0.29, 0.717) is 54.9 Å². The van der Waals surface area contributed by atoms with Crippen molar-refractivity contribution in [3.63, 3.8) is 0 Å². The number of aromatic nitrogens is 2. The van der Waals surface area contributed by atoms with Gasteiger partial charge in [-0.15, -0.1) is 0 Å². The van der Waals surface area contributed by atoms with Crippen LogP contribution in [0, 0.1) is 0 Å². The molecule has 36 heavy (non-hydrogen) atoms. The molecular weight excluding hydrogens is 469 g/mol. The summed E-state index contributed by atoms with van der Waals surface area (Å²) in [5.41, 5.74) is 0.298. The fourth-order valence-corrected chi connectivity index (χ4v) is 5.61. The Hall–Kier alpha value is -3.13. The van der Waals surface area contributed by atoms with Crippen molar-refractivity contribution >= 4 is 5.78 Å². The molecule has 1 aliphatic carbocycles. The number of halogens is 3. The van der Waals surface area contributed by atoms with Crippen molar-refractivity contribution < 1.29 is 27.8 Å². The van der Waals surface area contributed by atoms with Crippen LogP contribution in [0.1, 0.15) is 60.3 Å². The zero-order valence-corrected chi connectivity index (χ0v) is 20.4. The predicted octanol–water partition coefficient (Wildman–Crippen LogP) is 5.67. The first-order chi connectivity index (χ1) is 17.0. The number of carbonyl (C=O) groups excluding carboxylic acids is 1. The van der Waals surface area contributed by atoms with E-state index in [1.165, 1.54) is 10.8 Å². The van der Waals surface area contributed by atoms with E-state index >= 15 is 0 Å². The van der Waals surface area contributed by atoms with E-state index in [0.717, 1.165) is 16.7 Å². The summed E-state index contributed by atoms with van der Waals surface area (Å²) in [5, 5.41) is 11.2. The summed E-state index contributed by atoms with van der Waals surface area (Å²) >= 11 is 0. The number of ketones is 1. The van der Waals surface area contributed by atoms with Crippen LogP contribution in [0.4, 0.5) is 13.2 Å². The molecule has 0 spiro atoms. The van der Waals surface area contributed by atoms with E-state index in [1.807, 2.05) is 24.3 Å². The van der Waals surface area contributed by atoms with Gasteiger partial charge in [0.25, 0.3) is 0 Å². The van der Waals surface area contributed by atoms with Crippen LogP contribution in [-0.4, -0.2) is 38.8 Å². The number of pyridine rings is 1. The molecule has 2 aliphatic rings. The molecule has 0 fully saturated rings. The van der Waals surface area contributed by atoms with Crippen molar-refractivity contribution in [3.8, 4) is 16.9 Å². The molecule has 2 aromatic heterocycles. The molecule has 5 nitrogen and oxygen atoms in total. The Bertz CT molecular complexity index is 1300. The predicted molar refractivity (Wildman–Crippen MR) is 129 cm³/mol. The topological polar surface area (TPSA) is 64.4 Å². The molecule has 8 heteroatoms. The van der Waals surface area contributed by atoms with Gasteiger partial charge in [0.1, 0.15) is 5.75 Å². The van der Waals surface area contributed by atoms with Gasteiger partial charge >= 0.3 is 6.18 Å². The number of Topliss-reactive ketones (excluding diaryl/α,β-unsaturated/α-hetero) is 1. The highest BCUT2D eigenvalue weighted by molar-refractivity contribution is 5.98. The molecular formula is C28H29F3N2O3. The Kier molecular flexibility index (Phi) is 5.98. The van der Waals surface area contributed by atoms with Crippen LogP contribution in [0.25, 0.3) is 11.1 Å². The maximum Gasteiger partial charge on any atom is 0.418 e. The lowest BCUT2D eigenvalue weighted by Gasteiger charge is -2.39. The quantitative estimate of drug-likeness (QED) is 0.476. The Balaban J connectivity index is 1.54. The van der Waals surface area contributed by atoms with E-state index < -0.39 is 30.2 Å². The van der Waals surface area contributed by atoms with Crippen molar-refractivity contribution in [2.75, 3.05) is 6.61 Å². The van der Waals surface area contributed by atoms with Gasteiger partial charge in [-0.1, -0.05) is 13.8 Å². The molecule has 1 atom stereocenters. The first-order valence-electron chi connectivity index (χ1n) is 12.2. The van der Waals surface area contributed by atoms with E-state index in [9.17, 15) is 23.1 Å². The van der Waals surface area contributed by atoms with Crippen molar-refractivity contribution in [2.45, 2.75) is 69.7 Å². The van der Waals surface area contributed by atoms with E-state index in [2.05, 4.69) is 4.98 Å². The number of benzene rings is 1. The van der Waals surface area contributed by atoms with Crippen molar-refractivity contribution in [3.05, 3.63) is 71.3 Å². The minimum atomic E-state index is -4.88. The normalized spacial score (nSPS) is 17.3. The smallest absolute Gasteiger partial charge is 0.418 e. The SMILES string of the molecule is CC(C)(CC(O)(Cn1ccc2c1CCCC2=O)C(F)(F)F)c1cc(-c2ccncc2)cc2c1OCC2. The average molecular weight is 499 g/mol. The molecule has 1 aromatic carbocycles. The molecule has 3 aromatic rings. The van der Waals surface area contributed by atoms with Crippen molar-refractivity contribution in [1.29, 1.82) is 0 Å². The van der Waals surface area contributed by atoms with Gasteiger partial charge in [-0.3, -0.25) is 9.78 Å². The highest BCUT2D eigenvalue weighted by Gasteiger charge is 2.56. The van der Waals surface area contributed by atoms with Gasteiger partial charge < -0.3 is 14.4 Å². The summed E-state index contributed by atoms with van der Waals surface area (Å²) in [4.78, 5) is 16.3. The Labute approximate surface area is 207 Å². The lowest BCUT2D eigenvalue weighted by Crippen LogP contribution is -2.52. The van der Waals surface area contributed by atoms with Gasteiger partial charge in [0.2, 0.25) is 0 Å². The number of hydrogen-bond acceptors (Lipinski definition) is 4. The number of alkyl halides is 3. The van der Waals surface area contributed by atoms with Gasteiger partial charge in [-0.05, 0) is 71.7 Å². The Morgan fingerprint density at radius 1 is 1.06 bits per heavy atom. The second-order valence-corrected chi connectivity index (χ2v) is 10.5. The standard InChI is InChI=1S/C28H29F3N2O3/c1-26(2,22-15-20(18-6-10-32-11-7-18)14-19-9-13-36-25(19)22)16-27(35,28(29,30)31)17-33-12-8-21-23(33)4-3-5-24(21)34/h6-8,10-12,14-15,35H,3-5,9,13,16-17H2,1-2H3. The van der Waals surface area contributed by atoms with Crippen LogP contribution >= 0.6 is 0 Å². The summed E-state index contributed by atoms with van der Waals surface area (Å²) in [5.74, 6) is 0.540. The summed E-state index contributed by atoms with van der Waals surface area (Å²) in [7, 11) is 0. The maximum atomic E-state index is 14.5. The minimum Gasteiger partial charge on any atom is -0.493 e. The maximum absolute atomic E-state index is 14.5. The van der Waals surface area contributed by atoms with E-state index in [1.54, 1.807) is 32.3 Å². The van der Waals surface area contributed by atoms with Crippen LogP contribution in [0.3, 0.4) is 0 Å². The van der Waals surface area contributed by atoms with Crippen molar-refractivity contribution in [2.24, 2.45) is 0 Å². The molecule has 0 saturated heterocycles. The highest BCUT2D eigenvalue weighted by Crippen LogP contribution is 2.47. The molecule has 0 bridgehead atoms. The Morgan fingerprint density at radius 2 is 1.81 bits per heavy atom. The molecule has 0 amide bonds. The zero-order valence-electron chi connectivity index (χ0n) is 20.4. The van der Waals surface area contributed by atoms with Crippen LogP contribution in [0.15, 0.2) is 48.9 Å². The van der Waals surface area contributed by atoms with Crippen molar-refractivity contribution in [1.82, 2.24) is 9.55 Å². The number of ether oxygens (including phenoxy) is 1. The van der Waals surface area contributed by atoms with E-state index in [4.69, 9.17) is 4.74 Å². The molecule has 5 rings (SSSR count). The monoisotopic (exact) mass is 498 g/mol. The molecule has 1 unspecified atom stereocenters. The molecule has 1 N–H and O–H groups in total.